The summed E-state index contributed by atoms with van der Waals surface area (Å²) in [6.07, 6.45) is 2.78. The van der Waals surface area contributed by atoms with Crippen molar-refractivity contribution in [3.05, 3.63) is 77.7 Å². The van der Waals surface area contributed by atoms with E-state index in [1.165, 1.54) is 21.9 Å². The van der Waals surface area contributed by atoms with Gasteiger partial charge in [-0.15, -0.1) is 0 Å². The Morgan fingerprint density at radius 2 is 1.60 bits per heavy atom. The standard InChI is InChI=1S/C32H31NO2/c1-18(2)13-27-19(3)23-16-24-29(17-28(23)35-27)34-26-11-12-33-31(30(24)26)21-14-20-9-7-8-10-22(20)25(15-21)32(4,5)6/h7-12,14-18H,13H2,1-6H3. The molecule has 6 rings (SSSR count). The Morgan fingerprint density at radius 1 is 0.829 bits per heavy atom. The van der Waals surface area contributed by atoms with Crippen LogP contribution >= 0.6 is 0 Å². The Balaban J connectivity index is 1.65. The van der Waals surface area contributed by atoms with Gasteiger partial charge in [-0.1, -0.05) is 58.9 Å². The van der Waals surface area contributed by atoms with E-state index in [1.807, 2.05) is 18.3 Å². The van der Waals surface area contributed by atoms with Gasteiger partial charge in [-0.3, -0.25) is 4.98 Å². The van der Waals surface area contributed by atoms with Crippen LogP contribution in [0.2, 0.25) is 0 Å². The first-order valence-corrected chi connectivity index (χ1v) is 12.5. The predicted octanol–water partition coefficient (Wildman–Crippen LogP) is 9.35. The molecule has 0 unspecified atom stereocenters. The average Bonchev–Trinajstić information content (AvgIpc) is 3.32. The summed E-state index contributed by atoms with van der Waals surface area (Å²) in [6.45, 7) is 13.4. The fourth-order valence-corrected chi connectivity index (χ4v) is 5.34. The number of furan rings is 2. The van der Waals surface area contributed by atoms with E-state index in [0.29, 0.717) is 5.92 Å². The van der Waals surface area contributed by atoms with Gasteiger partial charge in [0.15, 0.2) is 0 Å². The lowest BCUT2D eigenvalue weighted by molar-refractivity contribution is 0.496. The molecule has 3 heteroatoms. The number of aromatic nitrogens is 1. The van der Waals surface area contributed by atoms with Crippen molar-refractivity contribution in [1.82, 2.24) is 4.98 Å². The maximum atomic E-state index is 6.34. The Kier molecular flexibility index (Phi) is 4.83. The summed E-state index contributed by atoms with van der Waals surface area (Å²) in [5.41, 5.74) is 7.20. The van der Waals surface area contributed by atoms with Crippen molar-refractivity contribution in [2.75, 3.05) is 0 Å². The van der Waals surface area contributed by atoms with Crippen LogP contribution in [0.25, 0.3) is 54.9 Å². The summed E-state index contributed by atoms with van der Waals surface area (Å²) >= 11 is 0. The van der Waals surface area contributed by atoms with E-state index >= 15 is 0 Å². The van der Waals surface area contributed by atoms with Crippen LogP contribution in [0.5, 0.6) is 0 Å². The quantitative estimate of drug-likeness (QED) is 0.263. The number of nitrogens with zero attached hydrogens (tertiary/aromatic N) is 1. The van der Waals surface area contributed by atoms with E-state index in [4.69, 9.17) is 13.8 Å². The number of pyridine rings is 1. The maximum absolute atomic E-state index is 6.34. The van der Waals surface area contributed by atoms with Gasteiger partial charge < -0.3 is 8.83 Å². The molecule has 176 valence electrons. The second kappa shape index (κ2) is 7.71. The molecule has 0 radical (unpaired) electrons. The highest BCUT2D eigenvalue weighted by atomic mass is 16.3. The number of aryl methyl sites for hydroxylation is 1. The smallest absolute Gasteiger partial charge is 0.139 e. The zero-order chi connectivity index (χ0) is 24.5. The third-order valence-corrected chi connectivity index (χ3v) is 7.08. The third-order valence-electron chi connectivity index (χ3n) is 7.08. The first kappa shape index (κ1) is 21.9. The molecule has 0 fully saturated rings. The van der Waals surface area contributed by atoms with E-state index < -0.39 is 0 Å². The lowest BCUT2D eigenvalue weighted by Gasteiger charge is -2.22. The monoisotopic (exact) mass is 461 g/mol. The molecule has 0 amide bonds. The van der Waals surface area contributed by atoms with Gasteiger partial charge in [-0.25, -0.2) is 0 Å². The molecule has 0 saturated carbocycles. The summed E-state index contributed by atoms with van der Waals surface area (Å²) in [6, 6.07) is 19.4. The molecule has 35 heavy (non-hydrogen) atoms. The van der Waals surface area contributed by atoms with E-state index in [9.17, 15) is 0 Å². The molecular weight excluding hydrogens is 430 g/mol. The van der Waals surface area contributed by atoms with Crippen LogP contribution in [0.4, 0.5) is 0 Å². The van der Waals surface area contributed by atoms with Crippen LogP contribution in [0.1, 0.15) is 51.5 Å². The Hall–Kier alpha value is -3.59. The van der Waals surface area contributed by atoms with Crippen molar-refractivity contribution in [2.45, 2.75) is 53.4 Å². The molecule has 0 atom stereocenters. The van der Waals surface area contributed by atoms with Crippen LogP contribution in [0, 0.1) is 12.8 Å². The number of hydrogen-bond acceptors (Lipinski definition) is 3. The van der Waals surface area contributed by atoms with Gasteiger partial charge in [0.1, 0.15) is 22.5 Å². The molecule has 0 saturated heterocycles. The van der Waals surface area contributed by atoms with Crippen LogP contribution in [0.15, 0.2) is 69.6 Å². The Bertz CT molecular complexity index is 1740. The van der Waals surface area contributed by atoms with Gasteiger partial charge in [-0.2, -0.15) is 0 Å². The van der Waals surface area contributed by atoms with Crippen molar-refractivity contribution >= 4 is 43.7 Å². The largest absolute Gasteiger partial charge is 0.461 e. The molecule has 0 aliphatic carbocycles. The first-order chi connectivity index (χ1) is 16.7. The van der Waals surface area contributed by atoms with E-state index in [-0.39, 0.29) is 5.41 Å². The summed E-state index contributed by atoms with van der Waals surface area (Å²) < 4.78 is 12.6. The van der Waals surface area contributed by atoms with Crippen LogP contribution in [-0.2, 0) is 11.8 Å². The second-order valence-electron chi connectivity index (χ2n) is 11.2. The molecule has 6 aromatic rings. The highest BCUT2D eigenvalue weighted by Gasteiger charge is 2.22. The minimum absolute atomic E-state index is 0.00879. The van der Waals surface area contributed by atoms with Crippen molar-refractivity contribution in [1.29, 1.82) is 0 Å². The zero-order valence-corrected chi connectivity index (χ0v) is 21.3. The third kappa shape index (κ3) is 3.53. The van der Waals surface area contributed by atoms with E-state index in [1.54, 1.807) is 0 Å². The van der Waals surface area contributed by atoms with Crippen molar-refractivity contribution in [2.24, 2.45) is 5.92 Å². The normalized spacial score (nSPS) is 12.7. The Labute approximate surface area is 205 Å². The van der Waals surface area contributed by atoms with Gasteiger partial charge in [-0.05, 0) is 64.4 Å². The first-order valence-electron chi connectivity index (χ1n) is 12.5. The number of hydrogen-bond donors (Lipinski definition) is 0. The van der Waals surface area contributed by atoms with Crippen LogP contribution in [0.3, 0.4) is 0 Å². The maximum Gasteiger partial charge on any atom is 0.139 e. The Morgan fingerprint density at radius 3 is 2.37 bits per heavy atom. The molecule has 3 aromatic heterocycles. The number of rotatable bonds is 3. The molecule has 0 aliphatic heterocycles. The molecule has 3 nitrogen and oxygen atoms in total. The lowest BCUT2D eigenvalue weighted by Crippen LogP contribution is -2.12. The molecule has 0 bridgehead atoms. The van der Waals surface area contributed by atoms with Gasteiger partial charge in [0.05, 0.1) is 11.1 Å². The number of fused-ring (bicyclic) bond motifs is 5. The van der Waals surface area contributed by atoms with Gasteiger partial charge in [0, 0.05) is 35.0 Å². The lowest BCUT2D eigenvalue weighted by atomic mass is 9.82. The van der Waals surface area contributed by atoms with Crippen LogP contribution < -0.4 is 0 Å². The molecule has 0 aliphatic rings. The van der Waals surface area contributed by atoms with Crippen molar-refractivity contribution in [3.8, 4) is 11.3 Å². The highest BCUT2D eigenvalue weighted by Crippen LogP contribution is 2.41. The minimum Gasteiger partial charge on any atom is -0.461 e. The van der Waals surface area contributed by atoms with Crippen molar-refractivity contribution in [3.63, 3.8) is 0 Å². The minimum atomic E-state index is 0.00879. The topological polar surface area (TPSA) is 39.2 Å². The highest BCUT2D eigenvalue weighted by molar-refractivity contribution is 6.15. The summed E-state index contributed by atoms with van der Waals surface area (Å²) in [4.78, 5) is 4.89. The average molecular weight is 462 g/mol. The van der Waals surface area contributed by atoms with E-state index in [0.717, 1.165) is 56.3 Å². The molecule has 3 aromatic carbocycles. The molecule has 0 spiro atoms. The number of benzene rings is 3. The van der Waals surface area contributed by atoms with Crippen LogP contribution in [-0.4, -0.2) is 4.98 Å². The van der Waals surface area contributed by atoms with Crippen molar-refractivity contribution < 1.29 is 8.83 Å². The van der Waals surface area contributed by atoms with E-state index in [2.05, 4.69) is 84.0 Å². The van der Waals surface area contributed by atoms with Gasteiger partial charge >= 0.3 is 0 Å². The molecule has 0 N–H and O–H groups in total. The summed E-state index contributed by atoms with van der Waals surface area (Å²) in [7, 11) is 0. The fraction of sp³-hybridized carbons (Fsp3) is 0.281. The molecule has 3 heterocycles. The fourth-order valence-electron chi connectivity index (χ4n) is 5.34. The van der Waals surface area contributed by atoms with Gasteiger partial charge in [0.25, 0.3) is 0 Å². The molecular formula is C32H31NO2. The zero-order valence-electron chi connectivity index (χ0n) is 21.3. The summed E-state index contributed by atoms with van der Waals surface area (Å²) in [5.74, 6) is 1.61. The second-order valence-corrected chi connectivity index (χ2v) is 11.2. The summed E-state index contributed by atoms with van der Waals surface area (Å²) in [5, 5.41) is 5.82. The SMILES string of the molecule is Cc1c(CC(C)C)oc2cc3oc4ccnc(-c5cc(C(C)(C)C)c6ccccc6c5)c4c3cc12. The predicted molar refractivity (Wildman–Crippen MR) is 146 cm³/mol. The van der Waals surface area contributed by atoms with Gasteiger partial charge in [0.2, 0.25) is 0 Å².